The van der Waals surface area contributed by atoms with E-state index in [1.807, 2.05) is 39.0 Å². The second-order valence-corrected chi connectivity index (χ2v) is 6.73. The van der Waals surface area contributed by atoms with Crippen LogP contribution in [0.5, 0.6) is 0 Å². The van der Waals surface area contributed by atoms with Crippen LogP contribution in [0.2, 0.25) is 0 Å². The van der Waals surface area contributed by atoms with Crippen LogP contribution in [-0.2, 0) is 11.3 Å². The van der Waals surface area contributed by atoms with Crippen molar-refractivity contribution in [3.63, 3.8) is 0 Å². The lowest BCUT2D eigenvalue weighted by Gasteiger charge is -2.29. The average Bonchev–Trinajstić information content (AvgIpc) is 2.48. The molecule has 1 atom stereocenters. The van der Waals surface area contributed by atoms with Crippen LogP contribution in [0.1, 0.15) is 26.3 Å². The summed E-state index contributed by atoms with van der Waals surface area (Å²) in [6.07, 6.45) is 0. The molecule has 2 aromatic rings. The van der Waals surface area contributed by atoms with Crippen molar-refractivity contribution < 1.29 is 9.59 Å². The van der Waals surface area contributed by atoms with E-state index in [4.69, 9.17) is 5.73 Å². The normalized spacial score (nSPS) is 12.6. The summed E-state index contributed by atoms with van der Waals surface area (Å²) in [7, 11) is 0. The molecule has 0 fully saturated rings. The fourth-order valence-electron chi connectivity index (χ4n) is 2.53. The number of aromatic nitrogens is 1. The van der Waals surface area contributed by atoms with Crippen LogP contribution < -0.4 is 21.9 Å². The van der Waals surface area contributed by atoms with Gasteiger partial charge in [0.25, 0.3) is 0 Å². The SMILES string of the molecule is CC(C)(C)[C@H](NC(N)=O)C(=O)NCc1cc(=O)[nH]c2ccccc12. The van der Waals surface area contributed by atoms with Gasteiger partial charge >= 0.3 is 6.03 Å². The van der Waals surface area contributed by atoms with Gasteiger partial charge in [-0.3, -0.25) is 9.59 Å². The van der Waals surface area contributed by atoms with Crippen LogP contribution in [0.4, 0.5) is 4.79 Å². The Morgan fingerprint density at radius 1 is 1.25 bits per heavy atom. The predicted molar refractivity (Wildman–Crippen MR) is 92.4 cm³/mol. The number of primary amides is 1. The van der Waals surface area contributed by atoms with Crippen molar-refractivity contribution in [2.24, 2.45) is 11.1 Å². The maximum absolute atomic E-state index is 12.5. The summed E-state index contributed by atoms with van der Waals surface area (Å²) >= 11 is 0. The summed E-state index contributed by atoms with van der Waals surface area (Å²) in [6.45, 7) is 5.66. The predicted octanol–water partition coefficient (Wildman–Crippen LogP) is 1.23. The van der Waals surface area contributed by atoms with E-state index in [1.54, 1.807) is 6.07 Å². The third kappa shape index (κ3) is 4.13. The lowest BCUT2D eigenvalue weighted by molar-refractivity contribution is -0.125. The first-order chi connectivity index (χ1) is 11.2. The Morgan fingerprint density at radius 2 is 1.92 bits per heavy atom. The molecule has 0 aliphatic heterocycles. The molecule has 0 saturated heterocycles. The van der Waals surface area contributed by atoms with Gasteiger partial charge in [0.05, 0.1) is 0 Å². The Hall–Kier alpha value is -2.83. The van der Waals surface area contributed by atoms with Crippen LogP contribution in [0.3, 0.4) is 0 Å². The Balaban J connectivity index is 2.22. The van der Waals surface area contributed by atoms with Crippen molar-refractivity contribution in [2.75, 3.05) is 0 Å². The van der Waals surface area contributed by atoms with Gasteiger partial charge in [0, 0.05) is 23.5 Å². The molecule has 1 heterocycles. The van der Waals surface area contributed by atoms with Gasteiger partial charge in [0.2, 0.25) is 11.5 Å². The first kappa shape index (κ1) is 17.5. The first-order valence-electron chi connectivity index (χ1n) is 7.63. The first-order valence-corrected chi connectivity index (χ1v) is 7.63. The molecule has 1 aromatic heterocycles. The zero-order valence-electron chi connectivity index (χ0n) is 14.0. The number of hydrogen-bond donors (Lipinski definition) is 4. The van der Waals surface area contributed by atoms with Gasteiger partial charge in [-0.1, -0.05) is 39.0 Å². The fourth-order valence-corrected chi connectivity index (χ4v) is 2.53. The summed E-state index contributed by atoms with van der Waals surface area (Å²) in [5.41, 5.74) is 5.82. The van der Waals surface area contributed by atoms with E-state index >= 15 is 0 Å². The number of amides is 3. The van der Waals surface area contributed by atoms with E-state index < -0.39 is 17.5 Å². The van der Waals surface area contributed by atoms with E-state index in [-0.39, 0.29) is 18.0 Å². The third-order valence-corrected chi connectivity index (χ3v) is 3.70. The fraction of sp³-hybridized carbons (Fsp3) is 0.353. The maximum atomic E-state index is 12.5. The minimum atomic E-state index is -0.775. The molecule has 0 radical (unpaired) electrons. The highest BCUT2D eigenvalue weighted by atomic mass is 16.2. The minimum absolute atomic E-state index is 0.177. The van der Waals surface area contributed by atoms with Crippen LogP contribution >= 0.6 is 0 Å². The van der Waals surface area contributed by atoms with Crippen molar-refractivity contribution in [3.8, 4) is 0 Å². The number of H-pyrrole nitrogens is 1. The van der Waals surface area contributed by atoms with Crippen LogP contribution in [0.25, 0.3) is 10.9 Å². The molecule has 0 spiro atoms. The molecule has 7 nitrogen and oxygen atoms in total. The monoisotopic (exact) mass is 330 g/mol. The van der Waals surface area contributed by atoms with E-state index in [0.717, 1.165) is 5.39 Å². The number of nitrogens with one attached hydrogen (secondary N) is 3. The number of fused-ring (bicyclic) bond motifs is 1. The maximum Gasteiger partial charge on any atom is 0.312 e. The van der Waals surface area contributed by atoms with E-state index in [0.29, 0.717) is 11.1 Å². The molecule has 3 amide bonds. The number of carbonyl (C=O) groups is 2. The number of carbonyl (C=O) groups excluding carboxylic acids is 2. The average molecular weight is 330 g/mol. The Morgan fingerprint density at radius 3 is 2.54 bits per heavy atom. The van der Waals surface area contributed by atoms with Crippen molar-refractivity contribution in [2.45, 2.75) is 33.4 Å². The van der Waals surface area contributed by atoms with Crippen LogP contribution in [0.15, 0.2) is 35.1 Å². The molecule has 128 valence electrons. The molecule has 0 saturated carbocycles. The largest absolute Gasteiger partial charge is 0.352 e. The van der Waals surface area contributed by atoms with Gasteiger partial charge in [-0.2, -0.15) is 0 Å². The van der Waals surface area contributed by atoms with Gasteiger partial charge < -0.3 is 21.4 Å². The zero-order valence-corrected chi connectivity index (χ0v) is 14.0. The summed E-state index contributed by atoms with van der Waals surface area (Å²) in [5.74, 6) is -0.356. The Labute approximate surface area is 139 Å². The molecule has 0 bridgehead atoms. The smallest absolute Gasteiger partial charge is 0.312 e. The zero-order chi connectivity index (χ0) is 17.9. The summed E-state index contributed by atoms with van der Waals surface area (Å²) in [4.78, 5) is 38.1. The molecule has 7 heteroatoms. The Bertz CT molecular complexity index is 820. The number of hydrogen-bond acceptors (Lipinski definition) is 3. The Kier molecular flexibility index (Phi) is 4.92. The van der Waals surface area contributed by atoms with Crippen molar-refractivity contribution >= 4 is 22.8 Å². The molecule has 0 aliphatic rings. The molecular formula is C17H22N4O3. The molecule has 5 N–H and O–H groups in total. The lowest BCUT2D eigenvalue weighted by Crippen LogP contribution is -2.54. The number of rotatable bonds is 4. The number of pyridine rings is 1. The molecular weight excluding hydrogens is 308 g/mol. The van der Waals surface area contributed by atoms with E-state index in [1.165, 1.54) is 6.07 Å². The number of urea groups is 1. The van der Waals surface area contributed by atoms with Gasteiger partial charge in [-0.25, -0.2) is 4.79 Å². The van der Waals surface area contributed by atoms with E-state index in [9.17, 15) is 14.4 Å². The highest BCUT2D eigenvalue weighted by Crippen LogP contribution is 2.20. The van der Waals surface area contributed by atoms with Gasteiger partial charge in [-0.05, 0) is 17.0 Å². The second kappa shape index (κ2) is 6.74. The molecule has 2 rings (SSSR count). The van der Waals surface area contributed by atoms with Gasteiger partial charge in [0.1, 0.15) is 6.04 Å². The summed E-state index contributed by atoms with van der Waals surface area (Å²) in [5, 5.41) is 6.09. The molecule has 24 heavy (non-hydrogen) atoms. The van der Waals surface area contributed by atoms with Crippen molar-refractivity contribution in [3.05, 3.63) is 46.2 Å². The number of benzene rings is 1. The highest BCUT2D eigenvalue weighted by molar-refractivity contribution is 5.88. The quantitative estimate of drug-likeness (QED) is 0.675. The van der Waals surface area contributed by atoms with Gasteiger partial charge in [0.15, 0.2) is 0 Å². The van der Waals surface area contributed by atoms with Crippen LogP contribution in [-0.4, -0.2) is 23.0 Å². The van der Waals surface area contributed by atoms with Crippen molar-refractivity contribution in [1.82, 2.24) is 15.6 Å². The number of para-hydroxylation sites is 1. The molecule has 0 aliphatic carbocycles. The standard InChI is InChI=1S/C17H22N4O3/c1-17(2,3)14(21-16(18)24)15(23)19-9-10-8-13(22)20-12-7-5-4-6-11(10)12/h4-8,14H,9H2,1-3H3,(H,19,23)(H,20,22)(H3,18,21,24)/t14-/m1/s1. The second-order valence-electron chi connectivity index (χ2n) is 6.73. The number of nitrogens with two attached hydrogens (primary N) is 1. The van der Waals surface area contributed by atoms with Gasteiger partial charge in [-0.15, -0.1) is 0 Å². The number of aromatic amines is 1. The van der Waals surface area contributed by atoms with Crippen LogP contribution in [0, 0.1) is 5.41 Å². The third-order valence-electron chi connectivity index (χ3n) is 3.70. The molecule has 1 aromatic carbocycles. The summed E-state index contributed by atoms with van der Waals surface area (Å²) < 4.78 is 0. The van der Waals surface area contributed by atoms with Crippen molar-refractivity contribution in [1.29, 1.82) is 0 Å². The highest BCUT2D eigenvalue weighted by Gasteiger charge is 2.32. The summed E-state index contributed by atoms with van der Waals surface area (Å²) in [6, 6.07) is 7.28. The lowest BCUT2D eigenvalue weighted by atomic mass is 9.86. The topological polar surface area (TPSA) is 117 Å². The minimum Gasteiger partial charge on any atom is -0.352 e. The molecule has 0 unspecified atom stereocenters. The van der Waals surface area contributed by atoms with E-state index in [2.05, 4.69) is 15.6 Å².